The molecule has 0 aromatic heterocycles. The van der Waals surface area contributed by atoms with Crippen molar-refractivity contribution in [3.63, 3.8) is 0 Å². The molecule has 1 aromatic rings. The van der Waals surface area contributed by atoms with Crippen molar-refractivity contribution in [2.75, 3.05) is 18.9 Å². The van der Waals surface area contributed by atoms with Crippen molar-refractivity contribution in [1.29, 1.82) is 0 Å². The van der Waals surface area contributed by atoms with Gasteiger partial charge in [-0.05, 0) is 29.9 Å². The number of carbonyl (C=O) groups is 1. The van der Waals surface area contributed by atoms with Crippen LogP contribution in [0.5, 0.6) is 0 Å². The summed E-state index contributed by atoms with van der Waals surface area (Å²) >= 11 is 0. The summed E-state index contributed by atoms with van der Waals surface area (Å²) in [5, 5.41) is 3.08. The number of hydrogen-bond donors (Lipinski definition) is 1. The number of amides is 2. The average Bonchev–Trinajstić information content (AvgIpc) is 2.36. The van der Waals surface area contributed by atoms with Gasteiger partial charge in [-0.25, -0.2) is 4.79 Å². The van der Waals surface area contributed by atoms with Crippen molar-refractivity contribution < 1.29 is 4.79 Å². The molecule has 0 fully saturated rings. The van der Waals surface area contributed by atoms with Gasteiger partial charge in [0, 0.05) is 19.3 Å². The van der Waals surface area contributed by atoms with E-state index in [4.69, 9.17) is 0 Å². The van der Waals surface area contributed by atoms with Gasteiger partial charge in [0.1, 0.15) is 0 Å². The number of carbonyl (C=O) groups excluding carboxylic acids is 1. The normalized spacial score (nSPS) is 11.3. The van der Waals surface area contributed by atoms with Crippen molar-refractivity contribution in [1.82, 2.24) is 4.90 Å². The molecule has 2 amide bonds. The lowest BCUT2D eigenvalue weighted by Crippen LogP contribution is -2.33. The Morgan fingerprint density at radius 1 is 1.30 bits per heavy atom. The number of nitrogens with zero attached hydrogens (tertiary/aromatic N) is 1. The summed E-state index contributed by atoms with van der Waals surface area (Å²) < 4.78 is 0. The van der Waals surface area contributed by atoms with Gasteiger partial charge in [0.2, 0.25) is 0 Å². The van der Waals surface area contributed by atoms with Crippen LogP contribution in [0.15, 0.2) is 18.2 Å². The molecule has 0 aliphatic rings. The highest BCUT2D eigenvalue weighted by Gasteiger charge is 2.21. The van der Waals surface area contributed by atoms with Crippen LogP contribution in [0.4, 0.5) is 10.5 Å². The highest BCUT2D eigenvalue weighted by atomic mass is 16.2. The van der Waals surface area contributed by atoms with E-state index < -0.39 is 0 Å². The molecule has 0 bridgehead atoms. The van der Waals surface area contributed by atoms with Crippen molar-refractivity contribution in [3.8, 4) is 0 Å². The Morgan fingerprint density at radius 2 is 1.95 bits per heavy atom. The fourth-order valence-electron chi connectivity index (χ4n) is 2.16. The predicted octanol–water partition coefficient (Wildman–Crippen LogP) is 4.56. The van der Waals surface area contributed by atoms with E-state index in [1.807, 2.05) is 26.1 Å². The molecular weight excluding hydrogens is 248 g/mol. The van der Waals surface area contributed by atoms with Gasteiger partial charge in [0.05, 0.1) is 0 Å². The van der Waals surface area contributed by atoms with Crippen LogP contribution in [-0.2, 0) is 5.41 Å². The van der Waals surface area contributed by atoms with Crippen LogP contribution in [0.2, 0.25) is 0 Å². The van der Waals surface area contributed by atoms with E-state index >= 15 is 0 Å². The molecule has 0 saturated carbocycles. The van der Waals surface area contributed by atoms with Crippen molar-refractivity contribution >= 4 is 11.7 Å². The Bertz CT molecular complexity index is 461. The second-order valence-electron chi connectivity index (χ2n) is 6.45. The van der Waals surface area contributed by atoms with Gasteiger partial charge in [-0.1, -0.05) is 52.3 Å². The number of hydrogen-bond acceptors (Lipinski definition) is 1. The third-order valence-electron chi connectivity index (χ3n) is 3.51. The first-order valence-electron chi connectivity index (χ1n) is 7.39. The first-order valence-corrected chi connectivity index (χ1v) is 7.39. The zero-order valence-electron chi connectivity index (χ0n) is 13.7. The summed E-state index contributed by atoms with van der Waals surface area (Å²) in [6.07, 6.45) is 2.12. The van der Waals surface area contributed by atoms with Crippen molar-refractivity contribution in [2.45, 2.75) is 52.9 Å². The van der Waals surface area contributed by atoms with Crippen LogP contribution >= 0.6 is 0 Å². The number of unbranched alkanes of at least 4 members (excludes halogenated alkanes) is 1. The number of aryl methyl sites for hydroxylation is 1. The van der Waals surface area contributed by atoms with E-state index in [2.05, 4.69) is 39.1 Å². The third-order valence-corrected chi connectivity index (χ3v) is 3.51. The second-order valence-corrected chi connectivity index (χ2v) is 6.45. The number of anilines is 1. The van der Waals surface area contributed by atoms with E-state index in [1.165, 1.54) is 5.56 Å². The quantitative estimate of drug-likeness (QED) is 0.859. The lowest BCUT2D eigenvalue weighted by atomic mass is 9.84. The fourth-order valence-corrected chi connectivity index (χ4v) is 2.16. The van der Waals surface area contributed by atoms with E-state index in [0.29, 0.717) is 0 Å². The maximum atomic E-state index is 12.3. The maximum absolute atomic E-state index is 12.3. The van der Waals surface area contributed by atoms with Gasteiger partial charge in [-0.2, -0.15) is 0 Å². The predicted molar refractivity (Wildman–Crippen MR) is 86.4 cm³/mol. The molecule has 3 nitrogen and oxygen atoms in total. The summed E-state index contributed by atoms with van der Waals surface area (Å²) in [6, 6.07) is 6.15. The van der Waals surface area contributed by atoms with Gasteiger partial charge >= 0.3 is 6.03 Å². The number of rotatable bonds is 4. The number of benzene rings is 1. The topological polar surface area (TPSA) is 32.3 Å². The first-order chi connectivity index (χ1) is 9.27. The zero-order chi connectivity index (χ0) is 15.3. The fraction of sp³-hybridized carbons (Fsp3) is 0.588. The van der Waals surface area contributed by atoms with Gasteiger partial charge in [-0.3, -0.25) is 0 Å². The summed E-state index contributed by atoms with van der Waals surface area (Å²) in [4.78, 5) is 14.0. The van der Waals surface area contributed by atoms with Gasteiger partial charge in [-0.15, -0.1) is 0 Å². The lowest BCUT2D eigenvalue weighted by Gasteiger charge is -2.26. The molecular formula is C17H28N2O. The SMILES string of the molecule is CCCCN(C)C(=O)Nc1c(C)cccc1C(C)(C)C. The van der Waals surface area contributed by atoms with Crippen LogP contribution in [0.3, 0.4) is 0 Å². The summed E-state index contributed by atoms with van der Waals surface area (Å²) in [5.74, 6) is 0. The smallest absolute Gasteiger partial charge is 0.321 e. The van der Waals surface area contributed by atoms with Crippen LogP contribution < -0.4 is 5.32 Å². The minimum atomic E-state index is -0.0294. The van der Waals surface area contributed by atoms with Gasteiger partial charge < -0.3 is 10.2 Å². The summed E-state index contributed by atoms with van der Waals surface area (Å²) in [7, 11) is 1.85. The number of para-hydroxylation sites is 1. The first kappa shape index (κ1) is 16.5. The van der Waals surface area contributed by atoms with Crippen LogP contribution in [0.1, 0.15) is 51.7 Å². The van der Waals surface area contributed by atoms with Gasteiger partial charge in [0.15, 0.2) is 0 Å². The summed E-state index contributed by atoms with van der Waals surface area (Å²) in [5.41, 5.74) is 3.24. The van der Waals surface area contributed by atoms with Gasteiger partial charge in [0.25, 0.3) is 0 Å². The molecule has 0 aliphatic heterocycles. The second kappa shape index (κ2) is 6.78. The standard InChI is InChI=1S/C17H28N2O/c1-7-8-12-19(6)16(20)18-15-13(2)10-9-11-14(15)17(3,4)5/h9-11H,7-8,12H2,1-6H3,(H,18,20). The average molecular weight is 276 g/mol. The van der Waals surface area contributed by atoms with Crippen molar-refractivity contribution in [2.24, 2.45) is 0 Å². The molecule has 0 unspecified atom stereocenters. The van der Waals surface area contributed by atoms with E-state index in [0.717, 1.165) is 30.6 Å². The highest BCUT2D eigenvalue weighted by molar-refractivity contribution is 5.91. The molecule has 1 rings (SSSR count). The molecule has 1 aromatic carbocycles. The Labute approximate surface area is 123 Å². The minimum absolute atomic E-state index is 0.0105. The van der Waals surface area contributed by atoms with Crippen LogP contribution in [0.25, 0.3) is 0 Å². The zero-order valence-corrected chi connectivity index (χ0v) is 13.7. The Balaban J connectivity index is 2.94. The minimum Gasteiger partial charge on any atom is -0.328 e. The lowest BCUT2D eigenvalue weighted by molar-refractivity contribution is 0.222. The Morgan fingerprint density at radius 3 is 2.50 bits per heavy atom. The third kappa shape index (κ3) is 4.26. The van der Waals surface area contributed by atoms with Crippen LogP contribution in [0, 0.1) is 6.92 Å². The molecule has 0 saturated heterocycles. The molecule has 0 spiro atoms. The molecule has 0 aliphatic carbocycles. The monoisotopic (exact) mass is 276 g/mol. The number of urea groups is 1. The van der Waals surface area contributed by atoms with Crippen LogP contribution in [-0.4, -0.2) is 24.5 Å². The molecule has 0 atom stereocenters. The molecule has 20 heavy (non-hydrogen) atoms. The van der Waals surface area contributed by atoms with E-state index in [9.17, 15) is 4.79 Å². The highest BCUT2D eigenvalue weighted by Crippen LogP contribution is 2.31. The molecule has 112 valence electrons. The largest absolute Gasteiger partial charge is 0.328 e. The summed E-state index contributed by atoms with van der Waals surface area (Å²) in [6.45, 7) is 11.5. The molecule has 1 N–H and O–H groups in total. The molecule has 0 heterocycles. The molecule has 0 radical (unpaired) electrons. The number of nitrogens with one attached hydrogen (secondary N) is 1. The Hall–Kier alpha value is -1.51. The molecule has 3 heteroatoms. The maximum Gasteiger partial charge on any atom is 0.321 e. The Kier molecular flexibility index (Phi) is 5.61. The van der Waals surface area contributed by atoms with Crippen molar-refractivity contribution in [3.05, 3.63) is 29.3 Å². The van der Waals surface area contributed by atoms with E-state index in [-0.39, 0.29) is 11.4 Å². The van der Waals surface area contributed by atoms with E-state index in [1.54, 1.807) is 4.90 Å².